The Morgan fingerprint density at radius 2 is 1.87 bits per heavy atom. The van der Waals surface area contributed by atoms with Gasteiger partial charge in [-0.05, 0) is 44.0 Å². The van der Waals surface area contributed by atoms with E-state index >= 15 is 0 Å². The smallest absolute Gasteiger partial charge is 0.416 e. The Labute approximate surface area is 175 Å². The van der Waals surface area contributed by atoms with Crippen molar-refractivity contribution in [2.75, 3.05) is 32.2 Å². The molecule has 30 heavy (non-hydrogen) atoms. The predicted molar refractivity (Wildman–Crippen MR) is 111 cm³/mol. The van der Waals surface area contributed by atoms with Crippen LogP contribution in [0.25, 0.3) is 0 Å². The zero-order valence-electron chi connectivity index (χ0n) is 17.4. The number of rotatable bonds is 5. The Morgan fingerprint density at radius 1 is 1.17 bits per heavy atom. The molecule has 0 saturated carbocycles. The molecule has 1 aliphatic rings. The van der Waals surface area contributed by atoms with Gasteiger partial charge in [-0.15, -0.1) is 0 Å². The summed E-state index contributed by atoms with van der Waals surface area (Å²) in [5, 5.41) is 13.9. The molecule has 1 aromatic carbocycles. The first-order valence-corrected chi connectivity index (χ1v) is 9.85. The lowest BCUT2D eigenvalue weighted by atomic mass is 10.0. The summed E-state index contributed by atoms with van der Waals surface area (Å²) in [6.07, 6.45) is -2.94. The highest BCUT2D eigenvalue weighted by Crippen LogP contribution is 2.33. The fourth-order valence-corrected chi connectivity index (χ4v) is 3.68. The minimum Gasteiger partial charge on any atom is -0.493 e. The number of hydrazine groups is 1. The second-order valence-electron chi connectivity index (χ2n) is 7.74. The molecule has 0 bridgehead atoms. The van der Waals surface area contributed by atoms with E-state index in [-0.39, 0.29) is 17.4 Å². The highest BCUT2D eigenvalue weighted by Gasteiger charge is 2.33. The molecule has 2 aromatic rings. The third-order valence-electron chi connectivity index (χ3n) is 5.02. The summed E-state index contributed by atoms with van der Waals surface area (Å²) in [6.45, 7) is 3.71. The van der Waals surface area contributed by atoms with E-state index in [2.05, 4.69) is 22.0 Å². The van der Waals surface area contributed by atoms with Crippen molar-refractivity contribution < 1.29 is 18.3 Å². The molecule has 0 radical (unpaired) electrons. The first-order chi connectivity index (χ1) is 14.1. The summed E-state index contributed by atoms with van der Waals surface area (Å²) in [4.78, 5) is 6.47. The van der Waals surface area contributed by atoms with Gasteiger partial charge in [0.25, 0.3) is 0 Å². The van der Waals surface area contributed by atoms with Crippen molar-refractivity contribution >= 4 is 5.82 Å². The maximum absolute atomic E-state index is 13.3. The summed E-state index contributed by atoms with van der Waals surface area (Å²) in [5.41, 5.74) is 1.41. The normalized spacial score (nSPS) is 17.3. The molecule has 162 valence electrons. The number of aliphatic hydroxyl groups excluding tert-OH is 1. The predicted octanol–water partition coefficient (Wildman–Crippen LogP) is 4.76. The van der Waals surface area contributed by atoms with Crippen LogP contribution in [0.15, 0.2) is 53.9 Å². The number of likely N-dealkylation sites (tertiary alicyclic amines) is 1. The van der Waals surface area contributed by atoms with Crippen LogP contribution in [-0.4, -0.2) is 47.2 Å². The molecule has 1 aromatic heterocycles. The van der Waals surface area contributed by atoms with Crippen LogP contribution in [0.4, 0.5) is 19.0 Å². The molecule has 2 heterocycles. The Bertz CT molecular complexity index is 897. The zero-order valence-corrected chi connectivity index (χ0v) is 17.4. The van der Waals surface area contributed by atoms with Gasteiger partial charge in [0.05, 0.1) is 5.56 Å². The molecular weight excluding hydrogens is 393 g/mol. The number of aryl methyl sites for hydroxylation is 1. The van der Waals surface area contributed by atoms with Gasteiger partial charge in [-0.3, -0.25) is 4.90 Å². The number of pyridine rings is 1. The molecule has 0 spiro atoms. The average molecular weight is 420 g/mol. The summed E-state index contributed by atoms with van der Waals surface area (Å²) in [6, 6.07) is 12.0. The van der Waals surface area contributed by atoms with E-state index in [0.29, 0.717) is 13.0 Å². The van der Waals surface area contributed by atoms with Crippen molar-refractivity contribution in [3.63, 3.8) is 0 Å². The highest BCUT2D eigenvalue weighted by molar-refractivity contribution is 5.47. The van der Waals surface area contributed by atoms with Gasteiger partial charge in [0, 0.05) is 38.5 Å². The van der Waals surface area contributed by atoms with Crippen LogP contribution in [0.3, 0.4) is 0 Å². The van der Waals surface area contributed by atoms with Gasteiger partial charge >= 0.3 is 6.18 Å². The molecule has 1 saturated heterocycles. The van der Waals surface area contributed by atoms with Crippen LogP contribution in [-0.2, 0) is 12.7 Å². The first kappa shape index (κ1) is 22.1. The SMILES string of the molecule is Cc1cc(C(F)(F)F)cc(N(/C(O)=C2\CCCN(Cc3ccccc3)C2)N(C)C)n1. The van der Waals surface area contributed by atoms with Crippen LogP contribution < -0.4 is 5.01 Å². The molecule has 3 rings (SSSR count). The minimum absolute atomic E-state index is 0.0394. The topological polar surface area (TPSA) is 42.8 Å². The third kappa shape index (κ3) is 5.31. The first-order valence-electron chi connectivity index (χ1n) is 9.85. The summed E-state index contributed by atoms with van der Waals surface area (Å²) < 4.78 is 39.9. The zero-order chi connectivity index (χ0) is 21.9. The Balaban J connectivity index is 1.90. The van der Waals surface area contributed by atoms with Crippen LogP contribution in [0.5, 0.6) is 0 Å². The molecular formula is C22H27F3N4O. The molecule has 8 heteroatoms. The van der Waals surface area contributed by atoms with Gasteiger partial charge in [0.2, 0.25) is 5.88 Å². The number of aromatic nitrogens is 1. The van der Waals surface area contributed by atoms with Crippen LogP contribution >= 0.6 is 0 Å². The van der Waals surface area contributed by atoms with E-state index in [4.69, 9.17) is 0 Å². The summed E-state index contributed by atoms with van der Waals surface area (Å²) in [5.74, 6) is -0.0264. The average Bonchev–Trinajstić information content (AvgIpc) is 2.68. The third-order valence-corrected chi connectivity index (χ3v) is 5.02. The second kappa shape index (κ2) is 9.06. The van der Waals surface area contributed by atoms with Crippen molar-refractivity contribution in [1.82, 2.24) is 14.9 Å². The monoisotopic (exact) mass is 420 g/mol. The molecule has 0 unspecified atom stereocenters. The van der Waals surface area contributed by atoms with Gasteiger partial charge in [0.15, 0.2) is 5.82 Å². The van der Waals surface area contributed by atoms with Gasteiger partial charge in [-0.2, -0.15) is 13.2 Å². The molecule has 1 N–H and O–H groups in total. The standard InChI is InChI=1S/C22H27F3N4O/c1-16-12-19(22(23,24)25)13-20(26-16)29(27(2)3)21(30)18-10-7-11-28(15-18)14-17-8-5-4-6-9-17/h4-6,8-9,12-13,30H,7,10-11,14-15H2,1-3H3/b21-18-. The lowest BCUT2D eigenvalue weighted by molar-refractivity contribution is -0.137. The second-order valence-corrected chi connectivity index (χ2v) is 7.74. The maximum atomic E-state index is 13.3. The summed E-state index contributed by atoms with van der Waals surface area (Å²) in [7, 11) is 3.33. The highest BCUT2D eigenvalue weighted by atomic mass is 19.4. The number of halogens is 3. The maximum Gasteiger partial charge on any atom is 0.416 e. The van der Waals surface area contributed by atoms with Crippen molar-refractivity contribution in [3.05, 3.63) is 70.7 Å². The number of hydrogen-bond donors (Lipinski definition) is 1. The van der Waals surface area contributed by atoms with E-state index < -0.39 is 11.7 Å². The molecule has 1 aliphatic heterocycles. The number of nitrogens with zero attached hydrogens (tertiary/aromatic N) is 4. The van der Waals surface area contributed by atoms with Crippen molar-refractivity contribution in [1.29, 1.82) is 0 Å². The number of benzene rings is 1. The Hall–Kier alpha value is -2.58. The quantitative estimate of drug-likeness (QED) is 0.558. The molecule has 5 nitrogen and oxygen atoms in total. The fraction of sp³-hybridized carbons (Fsp3) is 0.409. The minimum atomic E-state index is -4.49. The van der Waals surface area contributed by atoms with Crippen molar-refractivity contribution in [2.45, 2.75) is 32.5 Å². The molecule has 0 amide bonds. The number of anilines is 1. The number of hydrogen-bond acceptors (Lipinski definition) is 5. The van der Waals surface area contributed by atoms with Crippen molar-refractivity contribution in [2.24, 2.45) is 0 Å². The van der Waals surface area contributed by atoms with Crippen LogP contribution in [0.1, 0.15) is 29.7 Å². The van der Waals surface area contributed by atoms with Gasteiger partial charge in [0.1, 0.15) is 0 Å². The Morgan fingerprint density at radius 3 is 2.50 bits per heavy atom. The van der Waals surface area contributed by atoms with Gasteiger partial charge in [-0.25, -0.2) is 15.0 Å². The van der Waals surface area contributed by atoms with E-state index in [1.54, 1.807) is 19.1 Å². The van der Waals surface area contributed by atoms with Gasteiger partial charge < -0.3 is 5.11 Å². The van der Waals surface area contributed by atoms with E-state index in [0.717, 1.165) is 37.2 Å². The largest absolute Gasteiger partial charge is 0.493 e. The van der Waals surface area contributed by atoms with Crippen LogP contribution in [0.2, 0.25) is 0 Å². The van der Waals surface area contributed by atoms with Crippen molar-refractivity contribution in [3.8, 4) is 0 Å². The molecule has 1 fully saturated rings. The number of alkyl halides is 3. The van der Waals surface area contributed by atoms with Crippen LogP contribution in [0, 0.1) is 6.92 Å². The number of piperidine rings is 1. The van der Waals surface area contributed by atoms with Gasteiger partial charge in [-0.1, -0.05) is 30.3 Å². The lowest BCUT2D eigenvalue weighted by Gasteiger charge is -2.34. The molecule has 0 atom stereocenters. The van der Waals surface area contributed by atoms with E-state index in [1.807, 2.05) is 18.2 Å². The molecule has 0 aliphatic carbocycles. The van der Waals surface area contributed by atoms with E-state index in [1.165, 1.54) is 17.5 Å². The van der Waals surface area contributed by atoms with E-state index in [9.17, 15) is 18.3 Å². The Kier molecular flexibility index (Phi) is 6.67. The fourth-order valence-electron chi connectivity index (χ4n) is 3.68. The lowest BCUT2D eigenvalue weighted by Crippen LogP contribution is -2.40. The summed E-state index contributed by atoms with van der Waals surface area (Å²) >= 11 is 0. The number of aliphatic hydroxyl groups is 1.